The van der Waals surface area contributed by atoms with Crippen molar-refractivity contribution in [2.45, 2.75) is 38.8 Å². The van der Waals surface area contributed by atoms with E-state index in [0.29, 0.717) is 25.3 Å². The van der Waals surface area contributed by atoms with Gasteiger partial charge in [-0.3, -0.25) is 19.8 Å². The quantitative estimate of drug-likeness (QED) is 0.455. The SMILES string of the molecule is Cc1cc(C)c2[nH]nc(-c3nc(C(=O)N4CCC(N5CCC(O)C5)C4)c(-c4cccnc4)s3)c2c1. The highest BCUT2D eigenvalue weighted by Gasteiger charge is 2.36. The van der Waals surface area contributed by atoms with Crippen LogP contribution in [0, 0.1) is 13.8 Å². The first kappa shape index (κ1) is 22.3. The molecule has 2 unspecified atom stereocenters. The number of aryl methyl sites for hydroxylation is 2. The van der Waals surface area contributed by atoms with E-state index in [4.69, 9.17) is 4.98 Å². The lowest BCUT2D eigenvalue weighted by molar-refractivity contribution is 0.0774. The monoisotopic (exact) mass is 488 g/mol. The Bertz CT molecular complexity index is 1400. The molecule has 1 aromatic carbocycles. The summed E-state index contributed by atoms with van der Waals surface area (Å²) in [5, 5.41) is 19.4. The van der Waals surface area contributed by atoms with Crippen molar-refractivity contribution in [1.82, 2.24) is 30.0 Å². The lowest BCUT2D eigenvalue weighted by Gasteiger charge is -2.23. The molecule has 4 aromatic rings. The second-order valence-electron chi connectivity index (χ2n) is 9.65. The molecule has 2 saturated heterocycles. The first-order chi connectivity index (χ1) is 17.0. The topological polar surface area (TPSA) is 98.2 Å². The number of nitrogens with one attached hydrogen (secondary N) is 1. The number of aliphatic hydroxyl groups is 1. The minimum atomic E-state index is -0.256. The van der Waals surface area contributed by atoms with Crippen molar-refractivity contribution in [1.29, 1.82) is 0 Å². The van der Waals surface area contributed by atoms with Crippen LogP contribution in [0.2, 0.25) is 0 Å². The maximum atomic E-state index is 13.8. The number of H-pyrrole nitrogens is 1. The molecule has 2 N–H and O–H groups in total. The molecule has 1 amide bonds. The van der Waals surface area contributed by atoms with Crippen LogP contribution in [0.3, 0.4) is 0 Å². The van der Waals surface area contributed by atoms with E-state index in [2.05, 4.69) is 46.1 Å². The summed E-state index contributed by atoms with van der Waals surface area (Å²) in [6.45, 7) is 7.08. The van der Waals surface area contributed by atoms with Gasteiger partial charge in [0, 0.05) is 55.6 Å². The van der Waals surface area contributed by atoms with Gasteiger partial charge in [-0.1, -0.05) is 17.7 Å². The summed E-state index contributed by atoms with van der Waals surface area (Å²) in [5.74, 6) is -0.0548. The van der Waals surface area contributed by atoms with Crippen LogP contribution >= 0.6 is 11.3 Å². The van der Waals surface area contributed by atoms with E-state index in [9.17, 15) is 9.90 Å². The third kappa shape index (κ3) is 4.03. The maximum Gasteiger partial charge on any atom is 0.274 e. The van der Waals surface area contributed by atoms with Gasteiger partial charge in [-0.15, -0.1) is 11.3 Å². The van der Waals surface area contributed by atoms with Gasteiger partial charge in [0.2, 0.25) is 0 Å². The summed E-state index contributed by atoms with van der Waals surface area (Å²) < 4.78 is 0. The fourth-order valence-electron chi connectivity index (χ4n) is 5.37. The van der Waals surface area contributed by atoms with E-state index in [-0.39, 0.29) is 18.1 Å². The number of likely N-dealkylation sites (tertiary alicyclic amines) is 2. The molecule has 8 nitrogen and oxygen atoms in total. The summed E-state index contributed by atoms with van der Waals surface area (Å²) in [6, 6.07) is 8.38. The van der Waals surface area contributed by atoms with Crippen molar-refractivity contribution in [3.05, 3.63) is 53.5 Å². The normalized spacial score (nSPS) is 20.8. The van der Waals surface area contributed by atoms with E-state index in [0.717, 1.165) is 62.6 Å². The molecular formula is C26H28N6O2S. The Labute approximate surface area is 207 Å². The first-order valence-electron chi connectivity index (χ1n) is 12.1. The number of aliphatic hydroxyl groups excluding tert-OH is 1. The Balaban J connectivity index is 1.37. The molecule has 0 spiro atoms. The van der Waals surface area contributed by atoms with Gasteiger partial charge < -0.3 is 10.0 Å². The number of benzene rings is 1. The zero-order valence-electron chi connectivity index (χ0n) is 19.9. The third-order valence-electron chi connectivity index (χ3n) is 7.13. The van der Waals surface area contributed by atoms with Gasteiger partial charge in [-0.2, -0.15) is 5.10 Å². The number of β-amino-alcohol motifs (C(OH)–C–C–N with tert-alkyl or cyclic N) is 1. The highest BCUT2D eigenvalue weighted by atomic mass is 32.1. The number of fused-ring (bicyclic) bond motifs is 1. The van der Waals surface area contributed by atoms with Crippen molar-refractivity contribution in [2.24, 2.45) is 0 Å². The molecule has 0 aliphatic carbocycles. The Kier molecular flexibility index (Phi) is 5.63. The molecule has 6 rings (SSSR count). The van der Waals surface area contributed by atoms with E-state index < -0.39 is 0 Å². The van der Waals surface area contributed by atoms with Gasteiger partial charge in [0.05, 0.1) is 16.5 Å². The fraction of sp³-hybridized carbons (Fsp3) is 0.385. The molecule has 2 aliphatic heterocycles. The zero-order chi connectivity index (χ0) is 24.1. The van der Waals surface area contributed by atoms with Crippen molar-refractivity contribution in [3.63, 3.8) is 0 Å². The summed E-state index contributed by atoms with van der Waals surface area (Å²) in [6.07, 6.45) is 4.98. The second-order valence-corrected chi connectivity index (χ2v) is 10.6. The van der Waals surface area contributed by atoms with Gasteiger partial charge in [-0.25, -0.2) is 4.98 Å². The van der Waals surface area contributed by atoms with E-state index in [1.807, 2.05) is 17.0 Å². The van der Waals surface area contributed by atoms with E-state index >= 15 is 0 Å². The zero-order valence-corrected chi connectivity index (χ0v) is 20.7. The van der Waals surface area contributed by atoms with Crippen LogP contribution in [-0.4, -0.2) is 79.3 Å². The average molecular weight is 489 g/mol. The predicted octanol–water partition coefficient (Wildman–Crippen LogP) is 3.65. The molecule has 3 aromatic heterocycles. The van der Waals surface area contributed by atoms with Crippen molar-refractivity contribution < 1.29 is 9.90 Å². The van der Waals surface area contributed by atoms with Crippen LogP contribution in [-0.2, 0) is 0 Å². The predicted molar refractivity (Wildman–Crippen MR) is 136 cm³/mol. The molecule has 2 atom stereocenters. The van der Waals surface area contributed by atoms with Crippen LogP contribution in [0.15, 0.2) is 36.7 Å². The first-order valence-corrected chi connectivity index (χ1v) is 12.9. The number of aromatic nitrogens is 4. The Hall–Kier alpha value is -3.14. The smallest absolute Gasteiger partial charge is 0.274 e. The molecule has 9 heteroatoms. The summed E-state index contributed by atoms with van der Waals surface area (Å²) in [5.41, 5.74) is 5.39. The minimum Gasteiger partial charge on any atom is -0.392 e. The van der Waals surface area contributed by atoms with Gasteiger partial charge >= 0.3 is 0 Å². The van der Waals surface area contributed by atoms with Crippen molar-refractivity contribution in [3.8, 4) is 21.1 Å². The summed E-state index contributed by atoms with van der Waals surface area (Å²) in [4.78, 5) is 28.0. The number of amides is 1. The Morgan fingerprint density at radius 3 is 2.86 bits per heavy atom. The van der Waals surface area contributed by atoms with Crippen LogP contribution in [0.25, 0.3) is 32.0 Å². The lowest BCUT2D eigenvalue weighted by Crippen LogP contribution is -2.38. The highest BCUT2D eigenvalue weighted by molar-refractivity contribution is 7.18. The number of aromatic amines is 1. The number of pyridine rings is 1. The average Bonchev–Trinajstić information content (AvgIpc) is 3.64. The molecular weight excluding hydrogens is 460 g/mol. The molecule has 5 heterocycles. The van der Waals surface area contributed by atoms with Crippen LogP contribution in [0.1, 0.15) is 34.5 Å². The molecule has 180 valence electrons. The molecule has 0 bridgehead atoms. The molecule has 0 radical (unpaired) electrons. The van der Waals surface area contributed by atoms with Gasteiger partial charge in [0.15, 0.2) is 0 Å². The van der Waals surface area contributed by atoms with Crippen LogP contribution in [0.4, 0.5) is 0 Å². The number of hydrogen-bond acceptors (Lipinski definition) is 7. The molecule has 0 saturated carbocycles. The summed E-state index contributed by atoms with van der Waals surface area (Å²) in [7, 11) is 0. The van der Waals surface area contributed by atoms with Crippen molar-refractivity contribution in [2.75, 3.05) is 26.2 Å². The molecule has 2 fully saturated rings. The van der Waals surface area contributed by atoms with E-state index in [1.165, 1.54) is 11.3 Å². The van der Waals surface area contributed by atoms with Crippen LogP contribution in [0.5, 0.6) is 0 Å². The van der Waals surface area contributed by atoms with Gasteiger partial charge in [-0.05, 0) is 44.4 Å². The maximum absolute atomic E-state index is 13.8. The highest BCUT2D eigenvalue weighted by Crippen LogP contribution is 2.38. The number of carbonyl (C=O) groups excluding carboxylic acids is 1. The third-order valence-corrected chi connectivity index (χ3v) is 8.24. The molecule has 35 heavy (non-hydrogen) atoms. The van der Waals surface area contributed by atoms with Crippen molar-refractivity contribution >= 4 is 28.1 Å². The molecule has 2 aliphatic rings. The van der Waals surface area contributed by atoms with Gasteiger partial charge in [0.1, 0.15) is 16.4 Å². The summed E-state index contributed by atoms with van der Waals surface area (Å²) >= 11 is 1.49. The standard InChI is InChI=1S/C26H28N6O2S/c1-15-10-16(2)21-20(11-15)22(30-29-21)25-28-23(24(35-25)17-4-3-7-27-12-17)26(34)32-8-5-18(13-32)31-9-6-19(33)14-31/h3-4,7,10-12,18-19,33H,5-6,8-9,13-14H2,1-2H3,(H,29,30). The number of thiazole rings is 1. The largest absolute Gasteiger partial charge is 0.392 e. The number of carbonyl (C=O) groups is 1. The van der Waals surface area contributed by atoms with Crippen LogP contribution < -0.4 is 0 Å². The minimum absolute atomic E-state index is 0.0548. The second kappa shape index (κ2) is 8.82. The fourth-order valence-corrected chi connectivity index (χ4v) is 6.42. The lowest BCUT2D eigenvalue weighted by atomic mass is 10.1. The number of hydrogen-bond donors (Lipinski definition) is 2. The van der Waals surface area contributed by atoms with E-state index in [1.54, 1.807) is 12.4 Å². The Morgan fingerprint density at radius 2 is 2.09 bits per heavy atom. The number of nitrogens with zero attached hydrogens (tertiary/aromatic N) is 5. The van der Waals surface area contributed by atoms with Gasteiger partial charge in [0.25, 0.3) is 5.91 Å². The number of rotatable bonds is 4. The Morgan fingerprint density at radius 1 is 1.20 bits per heavy atom.